The molecule has 0 unspecified atom stereocenters. The molecule has 0 radical (unpaired) electrons. The van der Waals surface area contributed by atoms with E-state index in [1.54, 1.807) is 18.2 Å². The van der Waals surface area contributed by atoms with E-state index in [0.717, 1.165) is 0 Å². The third kappa shape index (κ3) is 4.45. The lowest BCUT2D eigenvalue weighted by Gasteiger charge is -2.43. The first-order chi connectivity index (χ1) is 14.4. The molecule has 156 valence electrons. The van der Waals surface area contributed by atoms with Gasteiger partial charge in [0.1, 0.15) is 5.69 Å². The molecular weight excluding hydrogens is 392 g/mol. The van der Waals surface area contributed by atoms with Gasteiger partial charge in [-0.15, -0.1) is 0 Å². The minimum atomic E-state index is -2.60. The molecule has 0 aliphatic carbocycles. The average molecular weight is 421 g/mol. The highest BCUT2D eigenvalue weighted by atomic mass is 28.4. The largest absolute Gasteiger partial charge is 0.406 e. The second-order valence-electron chi connectivity index (χ2n) is 8.21. The van der Waals surface area contributed by atoms with E-state index in [4.69, 9.17) is 4.43 Å². The Labute approximate surface area is 179 Å². The minimum absolute atomic E-state index is 0.0722. The van der Waals surface area contributed by atoms with Gasteiger partial charge in [0.05, 0.1) is 11.5 Å². The van der Waals surface area contributed by atoms with Gasteiger partial charge in [0.2, 0.25) is 0 Å². The molecule has 0 spiro atoms. The van der Waals surface area contributed by atoms with Crippen LogP contribution in [0.25, 0.3) is 0 Å². The molecule has 0 atom stereocenters. The Hall–Kier alpha value is -2.96. The fourth-order valence-electron chi connectivity index (χ4n) is 3.93. The molecule has 0 bridgehead atoms. The Morgan fingerprint density at radius 2 is 1.37 bits per heavy atom. The highest BCUT2D eigenvalue weighted by Gasteiger charge is 2.49. The average Bonchev–Trinajstić information content (AvgIpc) is 2.74. The first kappa shape index (κ1) is 21.7. The van der Waals surface area contributed by atoms with Crippen molar-refractivity contribution in [3.05, 3.63) is 95.0 Å². The molecule has 3 aromatic carbocycles. The molecule has 3 aromatic rings. The van der Waals surface area contributed by atoms with Crippen LogP contribution in [0.4, 0.5) is 11.4 Å². The van der Waals surface area contributed by atoms with E-state index in [1.807, 2.05) is 12.1 Å². The van der Waals surface area contributed by atoms with Crippen molar-refractivity contribution in [2.24, 2.45) is 0 Å². The van der Waals surface area contributed by atoms with E-state index < -0.39 is 8.32 Å². The first-order valence-electron chi connectivity index (χ1n) is 10.1. The van der Waals surface area contributed by atoms with Gasteiger partial charge >= 0.3 is 0 Å². The summed E-state index contributed by atoms with van der Waals surface area (Å²) in [6.45, 7) is 7.62. The van der Waals surface area contributed by atoms with Gasteiger partial charge in [-0.3, -0.25) is 10.1 Å². The van der Waals surface area contributed by atoms with E-state index in [9.17, 15) is 10.1 Å². The van der Waals surface area contributed by atoms with Crippen molar-refractivity contribution in [3.8, 4) is 0 Å². The summed E-state index contributed by atoms with van der Waals surface area (Å²) in [5, 5.41) is 16.8. The second kappa shape index (κ2) is 9.24. The maximum absolute atomic E-state index is 11.3. The first-order valence-corrected chi connectivity index (χ1v) is 12.0. The Balaban J connectivity index is 1.88. The Kier molecular flexibility index (Phi) is 6.69. The van der Waals surface area contributed by atoms with E-state index in [-0.39, 0.29) is 15.6 Å². The van der Waals surface area contributed by atoms with E-state index in [0.29, 0.717) is 18.8 Å². The van der Waals surface area contributed by atoms with Crippen LogP contribution in [0.3, 0.4) is 0 Å². The van der Waals surface area contributed by atoms with Crippen molar-refractivity contribution in [2.75, 3.05) is 18.5 Å². The Morgan fingerprint density at radius 1 is 0.867 bits per heavy atom. The smallest absolute Gasteiger partial charge is 0.292 e. The molecule has 0 aromatic heterocycles. The quantitative estimate of drug-likeness (QED) is 0.251. The second-order valence-corrected chi connectivity index (χ2v) is 12.5. The summed E-state index contributed by atoms with van der Waals surface area (Å²) in [5.41, 5.74) is 0.580. The van der Waals surface area contributed by atoms with Gasteiger partial charge in [0.15, 0.2) is 0 Å². The topological polar surface area (TPSA) is 64.4 Å². The van der Waals surface area contributed by atoms with Crippen molar-refractivity contribution >= 4 is 30.1 Å². The molecule has 1 N–H and O–H groups in total. The predicted octanol–water partition coefficient (Wildman–Crippen LogP) is 4.58. The van der Waals surface area contributed by atoms with Crippen molar-refractivity contribution in [2.45, 2.75) is 25.8 Å². The molecule has 0 aliphatic heterocycles. The monoisotopic (exact) mass is 420 g/mol. The van der Waals surface area contributed by atoms with Crippen molar-refractivity contribution < 1.29 is 9.35 Å². The van der Waals surface area contributed by atoms with Crippen molar-refractivity contribution in [3.63, 3.8) is 0 Å². The standard InChI is InChI=1S/C24H28N2O3Si/c1-24(2,3)30(20-12-6-4-7-13-20,21-14-8-5-9-15-21)29-19-18-25-22-16-10-11-17-23(22)26(27)28/h4-17,25H,18-19H2,1-3H3. The molecular formula is C24H28N2O3Si. The molecule has 0 amide bonds. The Morgan fingerprint density at radius 3 is 1.87 bits per heavy atom. The lowest BCUT2D eigenvalue weighted by molar-refractivity contribution is -0.384. The minimum Gasteiger partial charge on any atom is -0.406 e. The summed E-state index contributed by atoms with van der Waals surface area (Å²) < 4.78 is 6.79. The van der Waals surface area contributed by atoms with Crippen LogP contribution in [0.5, 0.6) is 0 Å². The zero-order valence-electron chi connectivity index (χ0n) is 17.7. The third-order valence-corrected chi connectivity index (χ3v) is 10.3. The number of nitrogens with one attached hydrogen (secondary N) is 1. The number of hydrogen-bond acceptors (Lipinski definition) is 4. The summed E-state index contributed by atoms with van der Waals surface area (Å²) >= 11 is 0. The maximum Gasteiger partial charge on any atom is 0.292 e. The number of hydrogen-bond donors (Lipinski definition) is 1. The van der Waals surface area contributed by atoms with Crippen LogP contribution < -0.4 is 15.7 Å². The van der Waals surface area contributed by atoms with Crippen LogP contribution in [-0.4, -0.2) is 26.4 Å². The highest BCUT2D eigenvalue weighted by Crippen LogP contribution is 2.36. The van der Waals surface area contributed by atoms with E-state index >= 15 is 0 Å². The van der Waals surface area contributed by atoms with Gasteiger partial charge in [0.25, 0.3) is 14.0 Å². The molecule has 0 fully saturated rings. The van der Waals surface area contributed by atoms with Crippen LogP contribution in [0.2, 0.25) is 5.04 Å². The number of nitro groups is 1. The fraction of sp³-hybridized carbons (Fsp3) is 0.250. The van der Waals surface area contributed by atoms with Gasteiger partial charge in [-0.05, 0) is 21.5 Å². The number of nitro benzene ring substituents is 1. The number of para-hydroxylation sites is 2. The SMILES string of the molecule is CC(C)(C)[Si](OCCNc1ccccc1[N+](=O)[O-])(c1ccccc1)c1ccccc1. The van der Waals surface area contributed by atoms with Crippen LogP contribution in [-0.2, 0) is 4.43 Å². The normalized spacial score (nSPS) is 11.8. The van der Waals surface area contributed by atoms with Crippen molar-refractivity contribution in [1.29, 1.82) is 0 Å². The number of anilines is 1. The van der Waals surface area contributed by atoms with Crippen LogP contribution in [0.15, 0.2) is 84.9 Å². The highest BCUT2D eigenvalue weighted by molar-refractivity contribution is 6.99. The van der Waals surface area contributed by atoms with Gasteiger partial charge in [-0.25, -0.2) is 0 Å². The fourth-order valence-corrected chi connectivity index (χ4v) is 8.50. The molecule has 0 aliphatic rings. The zero-order valence-corrected chi connectivity index (χ0v) is 18.7. The number of nitrogens with zero attached hydrogens (tertiary/aromatic N) is 1. The number of benzene rings is 3. The summed E-state index contributed by atoms with van der Waals surface area (Å²) in [6, 6.07) is 27.6. The number of rotatable bonds is 8. The van der Waals surface area contributed by atoms with Crippen LogP contribution >= 0.6 is 0 Å². The molecule has 6 heteroatoms. The summed E-state index contributed by atoms with van der Waals surface area (Å²) in [7, 11) is -2.60. The summed E-state index contributed by atoms with van der Waals surface area (Å²) in [6.07, 6.45) is 0. The molecule has 5 nitrogen and oxygen atoms in total. The maximum atomic E-state index is 11.3. The van der Waals surface area contributed by atoms with Gasteiger partial charge in [-0.1, -0.05) is 93.6 Å². The third-order valence-electron chi connectivity index (χ3n) is 5.25. The predicted molar refractivity (Wildman–Crippen MR) is 125 cm³/mol. The molecule has 30 heavy (non-hydrogen) atoms. The summed E-state index contributed by atoms with van der Waals surface area (Å²) in [5.74, 6) is 0. The van der Waals surface area contributed by atoms with Gasteiger partial charge in [-0.2, -0.15) is 0 Å². The molecule has 0 saturated carbocycles. The molecule has 0 heterocycles. The van der Waals surface area contributed by atoms with Gasteiger partial charge in [0, 0.05) is 12.6 Å². The van der Waals surface area contributed by atoms with Crippen LogP contribution in [0, 0.1) is 10.1 Å². The Bertz CT molecular complexity index is 933. The van der Waals surface area contributed by atoms with Crippen molar-refractivity contribution in [1.82, 2.24) is 0 Å². The van der Waals surface area contributed by atoms with E-state index in [2.05, 4.69) is 74.6 Å². The lowest BCUT2D eigenvalue weighted by Crippen LogP contribution is -2.66. The lowest BCUT2D eigenvalue weighted by atomic mass is 10.2. The molecule has 0 saturated heterocycles. The van der Waals surface area contributed by atoms with Crippen LogP contribution in [0.1, 0.15) is 20.8 Å². The molecule has 3 rings (SSSR count). The van der Waals surface area contributed by atoms with E-state index in [1.165, 1.54) is 16.4 Å². The zero-order chi connectivity index (χ0) is 21.6. The van der Waals surface area contributed by atoms with Gasteiger partial charge < -0.3 is 9.74 Å². The summed E-state index contributed by atoms with van der Waals surface area (Å²) in [4.78, 5) is 10.9.